The van der Waals surface area contributed by atoms with E-state index >= 15 is 0 Å². The molecule has 164 valence electrons. The van der Waals surface area contributed by atoms with Gasteiger partial charge in [0, 0.05) is 12.5 Å². The van der Waals surface area contributed by atoms with Crippen molar-refractivity contribution >= 4 is 11.9 Å². The summed E-state index contributed by atoms with van der Waals surface area (Å²) in [6.45, 7) is 7.91. The van der Waals surface area contributed by atoms with Crippen LogP contribution in [-0.2, 0) is 25.5 Å². The first-order valence-electron chi connectivity index (χ1n) is 10.6. The molecule has 1 aliphatic carbocycles. The zero-order chi connectivity index (χ0) is 22.4. The first kappa shape index (κ1) is 22.6. The fraction of sp³-hybridized carbons (Fsp3) is 0.385. The number of benzene rings is 2. The third kappa shape index (κ3) is 6.20. The van der Waals surface area contributed by atoms with Gasteiger partial charge in [-0.3, -0.25) is 4.79 Å². The van der Waals surface area contributed by atoms with Crippen LogP contribution in [0.25, 0.3) is 0 Å². The number of carbonyl (C=O) groups is 2. The molecule has 0 aliphatic heterocycles. The van der Waals surface area contributed by atoms with E-state index in [-0.39, 0.29) is 35.3 Å². The van der Waals surface area contributed by atoms with Gasteiger partial charge in [0.05, 0.1) is 18.6 Å². The minimum Gasteiger partial charge on any atom is -0.465 e. The Hall–Kier alpha value is -3.08. The summed E-state index contributed by atoms with van der Waals surface area (Å²) in [6, 6.07) is 17.4. The number of esters is 2. The van der Waals surface area contributed by atoms with Crippen molar-refractivity contribution < 1.29 is 23.8 Å². The molecule has 5 nitrogen and oxygen atoms in total. The summed E-state index contributed by atoms with van der Waals surface area (Å²) < 4.78 is 16.5. The lowest BCUT2D eigenvalue weighted by Crippen LogP contribution is -2.13. The molecule has 1 aliphatic rings. The number of carbonyl (C=O) groups excluding carboxylic acids is 2. The molecule has 0 bridgehead atoms. The Morgan fingerprint density at radius 2 is 1.74 bits per heavy atom. The highest BCUT2D eigenvalue weighted by atomic mass is 16.5. The molecule has 0 N–H and O–H groups in total. The van der Waals surface area contributed by atoms with E-state index in [1.54, 1.807) is 19.9 Å². The Labute approximate surface area is 184 Å². The van der Waals surface area contributed by atoms with Crippen molar-refractivity contribution in [1.82, 2.24) is 0 Å². The fourth-order valence-corrected chi connectivity index (χ4v) is 3.69. The lowest BCUT2D eigenvalue weighted by Gasteiger charge is -2.09. The van der Waals surface area contributed by atoms with Crippen LogP contribution in [0.2, 0.25) is 0 Å². The summed E-state index contributed by atoms with van der Waals surface area (Å²) in [6.07, 6.45) is 3.62. The Bertz CT molecular complexity index is 930. The molecule has 0 amide bonds. The molecule has 0 aromatic heterocycles. The van der Waals surface area contributed by atoms with Crippen LogP contribution in [0.4, 0.5) is 0 Å². The average Bonchev–Trinajstić information content (AvgIpc) is 3.27. The summed E-state index contributed by atoms with van der Waals surface area (Å²) in [5, 5.41) is 0. The second-order valence-electron chi connectivity index (χ2n) is 8.65. The van der Waals surface area contributed by atoms with Gasteiger partial charge in [-0.15, -0.1) is 0 Å². The number of rotatable bonds is 9. The predicted octanol–water partition coefficient (Wildman–Crippen LogP) is 5.34. The van der Waals surface area contributed by atoms with Gasteiger partial charge in [-0.1, -0.05) is 50.3 Å². The second-order valence-corrected chi connectivity index (χ2v) is 8.65. The number of hydrogen-bond acceptors (Lipinski definition) is 5. The summed E-state index contributed by atoms with van der Waals surface area (Å²) in [5.41, 5.74) is 0.805. The summed E-state index contributed by atoms with van der Waals surface area (Å²) in [4.78, 5) is 24.3. The normalized spacial score (nSPS) is 19.3. The Kier molecular flexibility index (Phi) is 7.16. The number of hydrogen-bond donors (Lipinski definition) is 0. The van der Waals surface area contributed by atoms with Crippen LogP contribution in [-0.4, -0.2) is 24.6 Å². The lowest BCUT2D eigenvalue weighted by atomic mass is 10.1. The molecule has 5 heteroatoms. The molecule has 1 saturated carbocycles. The topological polar surface area (TPSA) is 61.8 Å². The smallest absolute Gasteiger partial charge is 0.330 e. The van der Waals surface area contributed by atoms with Gasteiger partial charge in [0.2, 0.25) is 0 Å². The maximum atomic E-state index is 12.6. The van der Waals surface area contributed by atoms with Gasteiger partial charge in [0.1, 0.15) is 11.5 Å². The Morgan fingerprint density at radius 1 is 1.03 bits per heavy atom. The highest BCUT2D eigenvalue weighted by molar-refractivity contribution is 5.83. The molecule has 0 spiro atoms. The summed E-state index contributed by atoms with van der Waals surface area (Å²) in [7, 11) is 0. The van der Waals surface area contributed by atoms with Gasteiger partial charge in [-0.2, -0.15) is 0 Å². The molecule has 3 rings (SSSR count). The maximum Gasteiger partial charge on any atom is 0.330 e. The third-order valence-electron chi connectivity index (χ3n) is 5.47. The molecule has 2 aromatic carbocycles. The van der Waals surface area contributed by atoms with Crippen LogP contribution in [0, 0.1) is 17.3 Å². The van der Waals surface area contributed by atoms with Crippen molar-refractivity contribution in [3.05, 3.63) is 72.3 Å². The number of ether oxygens (including phenoxy) is 3. The first-order chi connectivity index (χ1) is 14.8. The van der Waals surface area contributed by atoms with Crippen LogP contribution in [0.15, 0.2) is 66.7 Å². The quantitative estimate of drug-likeness (QED) is 0.403. The standard InChI is InChI=1S/C26H30O5/c1-18(2)30-23(27)14-13-22-24(26(22,3)4)25(28)29-16-15-19-9-8-12-21(17-19)31-20-10-6-5-7-11-20/h5-14,17-18,22,24H,15-16H2,1-4H3/t22-,24-/m0/s1. The van der Waals surface area contributed by atoms with Crippen molar-refractivity contribution in [3.63, 3.8) is 0 Å². The fourth-order valence-electron chi connectivity index (χ4n) is 3.69. The van der Waals surface area contributed by atoms with Crippen molar-refractivity contribution in [1.29, 1.82) is 0 Å². The second kappa shape index (κ2) is 9.82. The highest BCUT2D eigenvalue weighted by Crippen LogP contribution is 2.59. The van der Waals surface area contributed by atoms with Crippen molar-refractivity contribution in [2.75, 3.05) is 6.61 Å². The third-order valence-corrected chi connectivity index (χ3v) is 5.47. The van der Waals surface area contributed by atoms with Gasteiger partial charge in [0.15, 0.2) is 0 Å². The number of para-hydroxylation sites is 1. The van der Waals surface area contributed by atoms with E-state index < -0.39 is 0 Å². The molecule has 0 heterocycles. The van der Waals surface area contributed by atoms with E-state index in [1.807, 2.05) is 68.4 Å². The van der Waals surface area contributed by atoms with Crippen LogP contribution < -0.4 is 4.74 Å². The number of allylic oxidation sites excluding steroid dienone is 1. The van der Waals surface area contributed by atoms with Crippen LogP contribution in [0.3, 0.4) is 0 Å². The maximum absolute atomic E-state index is 12.6. The minimum atomic E-state index is -0.387. The minimum absolute atomic E-state index is 0.0256. The monoisotopic (exact) mass is 422 g/mol. The van der Waals surface area contributed by atoms with E-state index in [4.69, 9.17) is 14.2 Å². The van der Waals surface area contributed by atoms with Crippen molar-refractivity contribution in [3.8, 4) is 11.5 Å². The molecule has 31 heavy (non-hydrogen) atoms. The summed E-state index contributed by atoms with van der Waals surface area (Å²) in [5.74, 6) is 0.636. The molecule has 2 aromatic rings. The lowest BCUT2D eigenvalue weighted by molar-refractivity contribution is -0.146. The molecule has 0 radical (unpaired) electrons. The van der Waals surface area contributed by atoms with Crippen molar-refractivity contribution in [2.24, 2.45) is 17.3 Å². The first-order valence-corrected chi connectivity index (χ1v) is 10.6. The van der Waals surface area contributed by atoms with Gasteiger partial charge >= 0.3 is 11.9 Å². The van der Waals surface area contributed by atoms with E-state index in [0.29, 0.717) is 13.0 Å². The Balaban J connectivity index is 1.48. The van der Waals surface area contributed by atoms with E-state index in [2.05, 4.69) is 0 Å². The molecule has 1 fully saturated rings. The molecule has 0 unspecified atom stereocenters. The Morgan fingerprint density at radius 3 is 2.45 bits per heavy atom. The van der Waals surface area contributed by atoms with Crippen LogP contribution in [0.5, 0.6) is 11.5 Å². The van der Waals surface area contributed by atoms with Gasteiger partial charge in [-0.05, 0) is 55.0 Å². The van der Waals surface area contributed by atoms with E-state index in [1.165, 1.54) is 6.08 Å². The van der Waals surface area contributed by atoms with Gasteiger partial charge in [0.25, 0.3) is 0 Å². The van der Waals surface area contributed by atoms with E-state index in [0.717, 1.165) is 17.1 Å². The van der Waals surface area contributed by atoms with Crippen molar-refractivity contribution in [2.45, 2.75) is 40.2 Å². The van der Waals surface area contributed by atoms with Crippen LogP contribution in [0.1, 0.15) is 33.3 Å². The summed E-state index contributed by atoms with van der Waals surface area (Å²) >= 11 is 0. The molecular weight excluding hydrogens is 392 g/mol. The largest absolute Gasteiger partial charge is 0.465 e. The zero-order valence-electron chi connectivity index (χ0n) is 18.5. The zero-order valence-corrected chi connectivity index (χ0v) is 18.5. The SMILES string of the molecule is CC(C)OC(=O)C=C[C@H]1[C@@H](C(=O)OCCc2cccc(Oc3ccccc3)c2)C1(C)C. The predicted molar refractivity (Wildman–Crippen MR) is 119 cm³/mol. The van der Waals surface area contributed by atoms with E-state index in [9.17, 15) is 9.59 Å². The average molecular weight is 423 g/mol. The highest BCUT2D eigenvalue weighted by Gasteiger charge is 2.61. The van der Waals surface area contributed by atoms with Gasteiger partial charge in [-0.25, -0.2) is 4.79 Å². The molecule has 2 atom stereocenters. The molecular formula is C26H30O5. The molecule has 0 saturated heterocycles. The van der Waals surface area contributed by atoms with Crippen LogP contribution >= 0.6 is 0 Å². The van der Waals surface area contributed by atoms with Gasteiger partial charge < -0.3 is 14.2 Å².